The smallest absolute Gasteiger partial charge is 0.164 e. The molecule has 2 aliphatic rings. The normalized spacial score (nSPS) is 31.9. The quantitative estimate of drug-likeness (QED) is 0.261. The lowest BCUT2D eigenvalue weighted by molar-refractivity contribution is -0.206. The Kier molecular flexibility index (Phi) is 7.10. The van der Waals surface area contributed by atoms with Crippen LogP contribution in [0.4, 0.5) is 0 Å². The molecule has 2 saturated heterocycles. The molecule has 0 aliphatic carbocycles. The van der Waals surface area contributed by atoms with Crippen LogP contribution in [0.5, 0.6) is 0 Å². The van der Waals surface area contributed by atoms with Gasteiger partial charge in [-0.25, -0.2) is 0 Å². The van der Waals surface area contributed by atoms with Crippen molar-refractivity contribution in [3.8, 4) is 0 Å². The van der Waals surface area contributed by atoms with Crippen molar-refractivity contribution in [2.24, 2.45) is 0 Å². The zero-order chi connectivity index (χ0) is 19.6. The standard InChI is InChI=1S/C19H36O6Si/c1-9-14-17(25-19(4,5)23-14)16(15-12-22-18(2,3)24-15)21-13-20-10-11-26(6,7)8/h9,14-17H,1,10-13H2,2-8H3/t14-,15-,16-,17-/m1/s1. The highest BCUT2D eigenvalue weighted by Gasteiger charge is 2.50. The molecule has 0 spiro atoms. The van der Waals surface area contributed by atoms with Crippen LogP contribution in [0.3, 0.4) is 0 Å². The molecule has 0 aromatic heterocycles. The molecule has 0 aromatic carbocycles. The molecule has 2 heterocycles. The van der Waals surface area contributed by atoms with E-state index in [0.29, 0.717) is 13.2 Å². The van der Waals surface area contributed by atoms with Crippen molar-refractivity contribution in [2.75, 3.05) is 20.0 Å². The molecule has 0 aromatic rings. The van der Waals surface area contributed by atoms with Crippen molar-refractivity contribution < 1.29 is 28.4 Å². The van der Waals surface area contributed by atoms with Crippen LogP contribution >= 0.6 is 0 Å². The van der Waals surface area contributed by atoms with E-state index in [4.69, 9.17) is 28.4 Å². The molecule has 0 amide bonds. The summed E-state index contributed by atoms with van der Waals surface area (Å²) in [6.45, 7) is 19.8. The molecule has 0 saturated carbocycles. The molecule has 0 bridgehead atoms. The van der Waals surface area contributed by atoms with Crippen molar-refractivity contribution in [3.05, 3.63) is 12.7 Å². The summed E-state index contributed by atoms with van der Waals surface area (Å²) >= 11 is 0. The summed E-state index contributed by atoms with van der Waals surface area (Å²) in [6, 6.07) is 1.10. The lowest BCUT2D eigenvalue weighted by atomic mass is 10.0. The van der Waals surface area contributed by atoms with Gasteiger partial charge in [-0.15, -0.1) is 6.58 Å². The first-order valence-electron chi connectivity index (χ1n) is 9.42. The van der Waals surface area contributed by atoms with Crippen molar-refractivity contribution in [3.63, 3.8) is 0 Å². The first kappa shape index (κ1) is 22.0. The Morgan fingerprint density at radius 1 is 1.12 bits per heavy atom. The van der Waals surface area contributed by atoms with Gasteiger partial charge in [-0.05, 0) is 33.7 Å². The number of hydrogen-bond donors (Lipinski definition) is 0. The fourth-order valence-electron chi connectivity index (χ4n) is 3.11. The third-order valence-electron chi connectivity index (χ3n) is 4.46. The number of ether oxygens (including phenoxy) is 6. The minimum absolute atomic E-state index is 0.194. The second-order valence-electron chi connectivity index (χ2n) is 9.14. The molecule has 152 valence electrons. The zero-order valence-electron chi connectivity index (χ0n) is 17.4. The lowest BCUT2D eigenvalue weighted by Gasteiger charge is -2.30. The molecule has 2 rings (SSSR count). The van der Waals surface area contributed by atoms with Gasteiger partial charge in [-0.3, -0.25) is 0 Å². The maximum atomic E-state index is 6.10. The van der Waals surface area contributed by atoms with Crippen molar-refractivity contribution >= 4 is 8.07 Å². The predicted molar refractivity (Wildman–Crippen MR) is 103 cm³/mol. The van der Waals surface area contributed by atoms with E-state index in [1.165, 1.54) is 0 Å². The summed E-state index contributed by atoms with van der Waals surface area (Å²) in [7, 11) is -1.12. The van der Waals surface area contributed by atoms with Crippen LogP contribution in [0.2, 0.25) is 25.7 Å². The third-order valence-corrected chi connectivity index (χ3v) is 6.16. The monoisotopic (exact) mass is 388 g/mol. The van der Waals surface area contributed by atoms with Crippen molar-refractivity contribution in [1.29, 1.82) is 0 Å². The van der Waals surface area contributed by atoms with Gasteiger partial charge in [0.05, 0.1) is 6.61 Å². The van der Waals surface area contributed by atoms with Gasteiger partial charge in [0.15, 0.2) is 11.6 Å². The fraction of sp³-hybridized carbons (Fsp3) is 0.895. The largest absolute Gasteiger partial charge is 0.356 e. The molecule has 4 atom stereocenters. The molecule has 6 nitrogen and oxygen atoms in total. The van der Waals surface area contributed by atoms with Gasteiger partial charge in [-0.2, -0.15) is 0 Å². The molecule has 26 heavy (non-hydrogen) atoms. The Labute approximate surface area is 159 Å². The maximum absolute atomic E-state index is 6.10. The van der Waals surface area contributed by atoms with E-state index in [9.17, 15) is 0 Å². The number of hydrogen-bond acceptors (Lipinski definition) is 6. The summed E-state index contributed by atoms with van der Waals surface area (Å²) in [6.07, 6.45) is 0.529. The summed E-state index contributed by atoms with van der Waals surface area (Å²) in [5.41, 5.74) is 0. The molecule has 0 unspecified atom stereocenters. The van der Waals surface area contributed by atoms with E-state index in [1.54, 1.807) is 6.08 Å². The summed E-state index contributed by atoms with van der Waals surface area (Å²) in [5, 5.41) is 0. The first-order chi connectivity index (χ1) is 11.9. The van der Waals surface area contributed by atoms with Crippen LogP contribution in [0.25, 0.3) is 0 Å². The second-order valence-corrected chi connectivity index (χ2v) is 14.8. The van der Waals surface area contributed by atoms with Gasteiger partial charge in [-0.1, -0.05) is 25.7 Å². The van der Waals surface area contributed by atoms with Gasteiger partial charge in [0.25, 0.3) is 0 Å². The fourth-order valence-corrected chi connectivity index (χ4v) is 3.87. The molecular formula is C19H36O6Si. The summed E-state index contributed by atoms with van der Waals surface area (Å²) in [5.74, 6) is -1.33. The van der Waals surface area contributed by atoms with Crippen LogP contribution in [-0.2, 0) is 28.4 Å². The highest BCUT2D eigenvalue weighted by Crippen LogP contribution is 2.35. The second kappa shape index (κ2) is 8.39. The Morgan fingerprint density at radius 3 is 2.35 bits per heavy atom. The van der Waals surface area contributed by atoms with Crippen molar-refractivity contribution in [1.82, 2.24) is 0 Å². The lowest BCUT2D eigenvalue weighted by Crippen LogP contribution is -2.46. The predicted octanol–water partition coefficient (Wildman–Crippen LogP) is 3.54. The van der Waals surface area contributed by atoms with E-state index < -0.39 is 19.6 Å². The van der Waals surface area contributed by atoms with Crippen molar-refractivity contribution in [2.45, 2.75) is 89.4 Å². The highest BCUT2D eigenvalue weighted by molar-refractivity contribution is 6.76. The van der Waals surface area contributed by atoms with Gasteiger partial charge in [0.1, 0.15) is 31.2 Å². The van der Waals surface area contributed by atoms with E-state index >= 15 is 0 Å². The molecule has 7 heteroatoms. The van der Waals surface area contributed by atoms with E-state index in [0.717, 1.165) is 6.04 Å². The summed E-state index contributed by atoms with van der Waals surface area (Å²) in [4.78, 5) is 0. The Hall–Kier alpha value is -0.283. The van der Waals surface area contributed by atoms with Crippen LogP contribution in [0.1, 0.15) is 27.7 Å². The number of rotatable bonds is 9. The zero-order valence-corrected chi connectivity index (χ0v) is 18.4. The molecular weight excluding hydrogens is 352 g/mol. The van der Waals surface area contributed by atoms with Crippen LogP contribution in [0.15, 0.2) is 12.7 Å². The molecule has 2 aliphatic heterocycles. The van der Waals surface area contributed by atoms with Crippen LogP contribution in [0, 0.1) is 0 Å². The van der Waals surface area contributed by atoms with Gasteiger partial charge in [0, 0.05) is 14.7 Å². The Bertz CT molecular complexity index is 473. The van der Waals surface area contributed by atoms with Gasteiger partial charge >= 0.3 is 0 Å². The van der Waals surface area contributed by atoms with Crippen LogP contribution in [-0.4, -0.2) is 64.1 Å². The van der Waals surface area contributed by atoms with E-state index in [2.05, 4.69) is 26.2 Å². The first-order valence-corrected chi connectivity index (χ1v) is 13.1. The van der Waals surface area contributed by atoms with Gasteiger partial charge in [0.2, 0.25) is 0 Å². The molecule has 0 radical (unpaired) electrons. The Morgan fingerprint density at radius 2 is 1.81 bits per heavy atom. The molecule has 0 N–H and O–H groups in total. The third kappa shape index (κ3) is 6.40. The highest BCUT2D eigenvalue weighted by atomic mass is 28.3. The van der Waals surface area contributed by atoms with Crippen LogP contribution < -0.4 is 0 Å². The average molecular weight is 389 g/mol. The molecule has 2 fully saturated rings. The van der Waals surface area contributed by atoms with E-state index in [1.807, 2.05) is 27.7 Å². The summed E-state index contributed by atoms with van der Waals surface area (Å²) < 4.78 is 35.6. The maximum Gasteiger partial charge on any atom is 0.164 e. The SMILES string of the molecule is C=C[C@H]1OC(C)(C)O[C@H]1[C@H](OCOCC[Si](C)(C)C)[C@H]1COC(C)(C)O1. The van der Waals surface area contributed by atoms with Gasteiger partial charge < -0.3 is 28.4 Å². The minimum atomic E-state index is -1.12. The Balaban J connectivity index is 1.99. The average Bonchev–Trinajstić information content (AvgIpc) is 3.00. The topological polar surface area (TPSA) is 55.4 Å². The van der Waals surface area contributed by atoms with E-state index in [-0.39, 0.29) is 31.2 Å². The minimum Gasteiger partial charge on any atom is -0.356 e.